The molecule has 0 bridgehead atoms. The second-order valence-corrected chi connectivity index (χ2v) is 12.5. The van der Waals surface area contributed by atoms with Crippen molar-refractivity contribution in [3.63, 3.8) is 0 Å². The lowest BCUT2D eigenvalue weighted by atomic mass is 9.85. The number of hydrogen-bond donors (Lipinski definition) is 0. The van der Waals surface area contributed by atoms with Gasteiger partial charge in [-0.15, -0.1) is 0 Å². The van der Waals surface area contributed by atoms with Gasteiger partial charge >= 0.3 is 0 Å². The monoisotopic (exact) mass is 552 g/mol. The summed E-state index contributed by atoms with van der Waals surface area (Å²) in [6.07, 6.45) is 0. The molecule has 8 rings (SSSR count). The second-order valence-electron chi connectivity index (χ2n) is 12.5. The number of rotatable bonds is 3. The van der Waals surface area contributed by atoms with Crippen molar-refractivity contribution in [2.75, 3.05) is 0 Å². The lowest BCUT2D eigenvalue weighted by molar-refractivity contribution is 0.590. The van der Waals surface area contributed by atoms with Gasteiger partial charge in [-0.25, -0.2) is 0 Å². The molecule has 0 N–H and O–H groups in total. The molecule has 8 aromatic rings. The van der Waals surface area contributed by atoms with E-state index in [0.717, 1.165) is 27.5 Å². The van der Waals surface area contributed by atoms with Gasteiger partial charge in [0.2, 0.25) is 0 Å². The zero-order valence-corrected chi connectivity index (χ0v) is 24.7. The van der Waals surface area contributed by atoms with Crippen LogP contribution >= 0.6 is 0 Å². The molecular formula is C42H32O. The summed E-state index contributed by atoms with van der Waals surface area (Å²) in [5.41, 5.74) is 10.5. The van der Waals surface area contributed by atoms with Crippen LogP contribution in [0.5, 0.6) is 0 Å². The van der Waals surface area contributed by atoms with Gasteiger partial charge in [0.1, 0.15) is 11.2 Å². The van der Waals surface area contributed by atoms with Gasteiger partial charge in [0, 0.05) is 16.3 Å². The molecular weight excluding hydrogens is 520 g/mol. The molecule has 0 spiro atoms. The van der Waals surface area contributed by atoms with Crippen LogP contribution in [0.4, 0.5) is 0 Å². The molecule has 7 aromatic carbocycles. The summed E-state index contributed by atoms with van der Waals surface area (Å²) in [6, 6.07) is 50.4. The van der Waals surface area contributed by atoms with E-state index in [1.165, 1.54) is 54.9 Å². The normalized spacial score (nSPS) is 12.1. The van der Waals surface area contributed by atoms with Crippen molar-refractivity contribution in [3.05, 3.63) is 145 Å². The summed E-state index contributed by atoms with van der Waals surface area (Å²) in [5, 5.41) is 7.31. The third-order valence-electron chi connectivity index (χ3n) is 8.85. The topological polar surface area (TPSA) is 13.1 Å². The Morgan fingerprint density at radius 3 is 1.58 bits per heavy atom. The Kier molecular flexibility index (Phi) is 5.77. The lowest BCUT2D eigenvalue weighted by Crippen LogP contribution is -2.10. The maximum atomic E-state index is 6.71. The molecule has 1 aromatic heterocycles. The van der Waals surface area contributed by atoms with Gasteiger partial charge in [0.15, 0.2) is 0 Å². The van der Waals surface area contributed by atoms with Crippen LogP contribution in [-0.4, -0.2) is 0 Å². The van der Waals surface area contributed by atoms with Gasteiger partial charge in [-0.3, -0.25) is 0 Å². The molecule has 0 amide bonds. The highest BCUT2D eigenvalue weighted by Gasteiger charge is 2.21. The van der Waals surface area contributed by atoms with Gasteiger partial charge in [0.05, 0.1) is 0 Å². The molecule has 0 saturated carbocycles. The Bertz CT molecular complexity index is 2240. The van der Waals surface area contributed by atoms with E-state index in [1.54, 1.807) is 0 Å². The highest BCUT2D eigenvalue weighted by Crippen LogP contribution is 2.47. The number of para-hydroxylation sites is 1. The first kappa shape index (κ1) is 25.6. The molecule has 0 saturated heterocycles. The second kappa shape index (κ2) is 9.71. The van der Waals surface area contributed by atoms with Crippen LogP contribution in [0.3, 0.4) is 0 Å². The summed E-state index contributed by atoms with van der Waals surface area (Å²) in [4.78, 5) is 0. The molecule has 1 nitrogen and oxygen atoms in total. The van der Waals surface area contributed by atoms with Crippen molar-refractivity contribution >= 4 is 43.5 Å². The predicted molar refractivity (Wildman–Crippen MR) is 184 cm³/mol. The van der Waals surface area contributed by atoms with Gasteiger partial charge in [0.25, 0.3) is 0 Å². The maximum absolute atomic E-state index is 6.71. The van der Waals surface area contributed by atoms with E-state index in [0.29, 0.717) is 0 Å². The molecule has 1 heterocycles. The van der Waals surface area contributed by atoms with Crippen LogP contribution in [0.2, 0.25) is 0 Å². The molecule has 206 valence electrons. The fraction of sp³-hybridized carbons (Fsp3) is 0.0952. The van der Waals surface area contributed by atoms with Crippen LogP contribution in [-0.2, 0) is 5.41 Å². The van der Waals surface area contributed by atoms with E-state index in [4.69, 9.17) is 4.42 Å². The predicted octanol–water partition coefficient (Wildman–Crippen LogP) is 12.2. The lowest BCUT2D eigenvalue weighted by Gasteiger charge is -2.19. The molecule has 1 heteroatoms. The minimum atomic E-state index is 0.112. The Balaban J connectivity index is 1.44. The molecule has 0 fully saturated rings. The van der Waals surface area contributed by atoms with Crippen molar-refractivity contribution in [1.29, 1.82) is 0 Å². The maximum Gasteiger partial charge on any atom is 0.143 e. The average molecular weight is 553 g/mol. The van der Waals surface area contributed by atoms with E-state index in [1.807, 2.05) is 0 Å². The largest absolute Gasteiger partial charge is 0.455 e. The summed E-state index contributed by atoms with van der Waals surface area (Å²) >= 11 is 0. The smallest absolute Gasteiger partial charge is 0.143 e. The highest BCUT2D eigenvalue weighted by molar-refractivity contribution is 6.26. The Morgan fingerprint density at radius 1 is 0.419 bits per heavy atom. The van der Waals surface area contributed by atoms with E-state index in [-0.39, 0.29) is 5.41 Å². The third kappa shape index (κ3) is 4.07. The Hall–Kier alpha value is -5.14. The molecule has 0 radical (unpaired) electrons. The van der Waals surface area contributed by atoms with Gasteiger partial charge in [-0.1, -0.05) is 154 Å². The fourth-order valence-corrected chi connectivity index (χ4v) is 6.77. The van der Waals surface area contributed by atoms with Crippen molar-refractivity contribution in [2.24, 2.45) is 0 Å². The zero-order chi connectivity index (χ0) is 29.1. The van der Waals surface area contributed by atoms with Crippen LogP contribution in [0.1, 0.15) is 26.3 Å². The van der Waals surface area contributed by atoms with E-state index >= 15 is 0 Å². The standard InChI is InChI=1S/C42H32O/c1-42(2,3)29-25-23-27(24-26-29)30-19-11-21-36-40-35(20-12-22-37(40)43-41(30)36)39-33-17-9-7-15-31(33)38(28-13-5-4-6-14-28)32-16-8-10-18-34(32)39/h4-26H,1-3H3. The van der Waals surface area contributed by atoms with Gasteiger partial charge < -0.3 is 4.42 Å². The summed E-state index contributed by atoms with van der Waals surface area (Å²) in [6.45, 7) is 6.76. The van der Waals surface area contributed by atoms with Crippen LogP contribution in [0.15, 0.2) is 144 Å². The van der Waals surface area contributed by atoms with E-state index < -0.39 is 0 Å². The van der Waals surface area contributed by atoms with Crippen LogP contribution < -0.4 is 0 Å². The molecule has 0 atom stereocenters. The highest BCUT2D eigenvalue weighted by atomic mass is 16.3. The first-order valence-corrected chi connectivity index (χ1v) is 15.0. The molecule has 0 aliphatic rings. The Labute approximate surface area is 252 Å². The number of hydrogen-bond acceptors (Lipinski definition) is 1. The molecule has 0 aliphatic carbocycles. The minimum absolute atomic E-state index is 0.112. The summed E-state index contributed by atoms with van der Waals surface area (Å²) in [7, 11) is 0. The summed E-state index contributed by atoms with van der Waals surface area (Å²) < 4.78 is 6.71. The quantitative estimate of drug-likeness (QED) is 0.199. The Morgan fingerprint density at radius 2 is 0.953 bits per heavy atom. The molecule has 0 unspecified atom stereocenters. The SMILES string of the molecule is CC(C)(C)c1ccc(-c2cccc3c2oc2cccc(-c4c5ccccc5c(-c5ccccc5)c5ccccc45)c23)cc1. The number of furan rings is 1. The van der Waals surface area contributed by atoms with Gasteiger partial charge in [-0.2, -0.15) is 0 Å². The fourth-order valence-electron chi connectivity index (χ4n) is 6.77. The first-order chi connectivity index (χ1) is 21.0. The van der Waals surface area contributed by atoms with Crippen molar-refractivity contribution < 1.29 is 4.42 Å². The van der Waals surface area contributed by atoms with Crippen molar-refractivity contribution in [1.82, 2.24) is 0 Å². The van der Waals surface area contributed by atoms with E-state index in [2.05, 4.69) is 160 Å². The van der Waals surface area contributed by atoms with E-state index in [9.17, 15) is 0 Å². The average Bonchev–Trinajstić information content (AvgIpc) is 3.43. The van der Waals surface area contributed by atoms with Gasteiger partial charge in [-0.05, 0) is 66.4 Å². The summed E-state index contributed by atoms with van der Waals surface area (Å²) in [5.74, 6) is 0. The van der Waals surface area contributed by atoms with Crippen molar-refractivity contribution in [3.8, 4) is 33.4 Å². The zero-order valence-electron chi connectivity index (χ0n) is 24.7. The van der Waals surface area contributed by atoms with Crippen LogP contribution in [0.25, 0.3) is 76.9 Å². The minimum Gasteiger partial charge on any atom is -0.455 e. The molecule has 43 heavy (non-hydrogen) atoms. The van der Waals surface area contributed by atoms with Crippen LogP contribution in [0, 0.1) is 0 Å². The number of benzene rings is 7. The van der Waals surface area contributed by atoms with Crippen molar-refractivity contribution in [2.45, 2.75) is 26.2 Å². The third-order valence-corrected chi connectivity index (χ3v) is 8.85. The number of fused-ring (bicyclic) bond motifs is 5. The molecule has 0 aliphatic heterocycles. The first-order valence-electron chi connectivity index (χ1n) is 15.0.